The molecule has 1 heterocycles. The molecule has 1 aromatic carbocycles. The van der Waals surface area contributed by atoms with Crippen LogP contribution in [0.2, 0.25) is 0 Å². The number of hydrogen-bond donors (Lipinski definition) is 1. The summed E-state index contributed by atoms with van der Waals surface area (Å²) in [5, 5.41) is 13.7. The van der Waals surface area contributed by atoms with Gasteiger partial charge in [0.2, 0.25) is 15.9 Å². The highest BCUT2D eigenvalue weighted by Crippen LogP contribution is 2.26. The molecule has 120 valence electrons. The first kappa shape index (κ1) is 16.4. The Morgan fingerprint density at radius 1 is 1.23 bits per heavy atom. The number of nitrogens with zero attached hydrogens (tertiary/aromatic N) is 1. The van der Waals surface area contributed by atoms with Crippen molar-refractivity contribution in [1.29, 1.82) is 0 Å². The van der Waals surface area contributed by atoms with E-state index in [-0.39, 0.29) is 23.8 Å². The summed E-state index contributed by atoms with van der Waals surface area (Å²) in [5.74, 6) is -1.64. The quantitative estimate of drug-likeness (QED) is 0.834. The Bertz CT molecular complexity index is 669. The minimum atomic E-state index is -3.90. The highest BCUT2D eigenvalue weighted by Gasteiger charge is 2.34. The largest absolute Gasteiger partial charge is 0.548 e. The second kappa shape index (κ2) is 6.45. The topological polar surface area (TPSA) is 107 Å². The highest BCUT2D eigenvalue weighted by atomic mass is 32.2. The average Bonchev–Trinajstić information content (AvgIpc) is 2.47. The van der Waals surface area contributed by atoms with E-state index in [9.17, 15) is 23.1 Å². The number of anilines is 1. The molecule has 22 heavy (non-hydrogen) atoms. The Labute approximate surface area is 129 Å². The first-order valence-corrected chi connectivity index (χ1v) is 8.37. The molecule has 1 saturated heterocycles. The molecule has 0 spiro atoms. The van der Waals surface area contributed by atoms with Gasteiger partial charge in [-0.1, -0.05) is 6.42 Å². The van der Waals surface area contributed by atoms with Crippen LogP contribution in [0.4, 0.5) is 5.69 Å². The van der Waals surface area contributed by atoms with E-state index in [0.29, 0.717) is 18.5 Å². The zero-order valence-electron chi connectivity index (χ0n) is 12.1. The van der Waals surface area contributed by atoms with Gasteiger partial charge in [0.05, 0.1) is 16.9 Å². The van der Waals surface area contributed by atoms with Crippen LogP contribution >= 0.6 is 0 Å². The van der Waals surface area contributed by atoms with Crippen LogP contribution < -0.4 is 10.4 Å². The highest BCUT2D eigenvalue weighted by molar-refractivity contribution is 7.89. The summed E-state index contributed by atoms with van der Waals surface area (Å²) >= 11 is 0. The van der Waals surface area contributed by atoms with Crippen molar-refractivity contribution < 1.29 is 23.1 Å². The molecule has 1 N–H and O–H groups in total. The number of benzene rings is 1. The Kier molecular flexibility index (Phi) is 4.82. The lowest BCUT2D eigenvalue weighted by atomic mass is 10.1. The van der Waals surface area contributed by atoms with Crippen molar-refractivity contribution in [3.63, 3.8) is 0 Å². The fourth-order valence-electron chi connectivity index (χ4n) is 2.48. The summed E-state index contributed by atoms with van der Waals surface area (Å²) in [6, 6.07) is 4.50. The number of carbonyl (C=O) groups excluding carboxylic acids is 2. The van der Waals surface area contributed by atoms with Gasteiger partial charge in [-0.25, -0.2) is 8.42 Å². The van der Waals surface area contributed by atoms with Gasteiger partial charge in [0, 0.05) is 19.2 Å². The summed E-state index contributed by atoms with van der Waals surface area (Å²) in [6.07, 6.45) is 1.53. The molecule has 0 aliphatic carbocycles. The van der Waals surface area contributed by atoms with Gasteiger partial charge in [0.25, 0.3) is 0 Å². The number of carbonyl (C=O) groups is 2. The van der Waals surface area contributed by atoms with Crippen LogP contribution in [0.1, 0.15) is 26.2 Å². The van der Waals surface area contributed by atoms with E-state index in [1.807, 2.05) is 0 Å². The summed E-state index contributed by atoms with van der Waals surface area (Å²) in [6.45, 7) is 1.51. The Hall–Kier alpha value is -1.93. The maximum absolute atomic E-state index is 12.6. The molecule has 1 fully saturated rings. The Balaban J connectivity index is 2.28. The second-order valence-corrected chi connectivity index (χ2v) is 7.04. The SMILES string of the molecule is CC(=O)Nc1ccc(S(=O)(=O)N2CCCC[C@@H]2C(=O)[O-])cc1. The fourth-order valence-corrected chi connectivity index (χ4v) is 4.12. The third-order valence-corrected chi connectivity index (χ3v) is 5.43. The van der Waals surface area contributed by atoms with Crippen molar-refractivity contribution in [1.82, 2.24) is 4.31 Å². The van der Waals surface area contributed by atoms with E-state index < -0.39 is 22.0 Å². The van der Waals surface area contributed by atoms with Crippen molar-refractivity contribution in [3.05, 3.63) is 24.3 Å². The Morgan fingerprint density at radius 3 is 2.41 bits per heavy atom. The fraction of sp³-hybridized carbons (Fsp3) is 0.429. The molecule has 0 unspecified atom stereocenters. The average molecular weight is 325 g/mol. The van der Waals surface area contributed by atoms with Gasteiger partial charge in [-0.3, -0.25) is 4.79 Å². The molecule has 8 heteroatoms. The van der Waals surface area contributed by atoms with Gasteiger partial charge in [-0.2, -0.15) is 4.31 Å². The van der Waals surface area contributed by atoms with Crippen LogP contribution in [0.15, 0.2) is 29.2 Å². The summed E-state index contributed by atoms with van der Waals surface area (Å²) in [4.78, 5) is 22.1. The van der Waals surface area contributed by atoms with Crippen molar-refractivity contribution in [2.24, 2.45) is 0 Å². The maximum Gasteiger partial charge on any atom is 0.243 e. The van der Waals surface area contributed by atoms with E-state index in [1.54, 1.807) is 0 Å². The maximum atomic E-state index is 12.6. The smallest absolute Gasteiger partial charge is 0.243 e. The number of rotatable bonds is 4. The van der Waals surface area contributed by atoms with Crippen LogP contribution in [0.5, 0.6) is 0 Å². The minimum Gasteiger partial charge on any atom is -0.548 e. The molecule has 2 rings (SSSR count). The third-order valence-electron chi connectivity index (χ3n) is 3.51. The van der Waals surface area contributed by atoms with Crippen molar-refractivity contribution in [2.75, 3.05) is 11.9 Å². The summed E-state index contributed by atoms with van der Waals surface area (Å²) in [5.41, 5.74) is 0.474. The van der Waals surface area contributed by atoms with Crippen LogP contribution in [-0.2, 0) is 19.6 Å². The molecule has 1 aliphatic rings. The number of carboxylic acid groups (broad SMARTS) is 1. The molecule has 0 aromatic heterocycles. The number of nitrogens with one attached hydrogen (secondary N) is 1. The van der Waals surface area contributed by atoms with Crippen molar-refractivity contribution >= 4 is 27.6 Å². The number of piperidine rings is 1. The zero-order valence-corrected chi connectivity index (χ0v) is 12.9. The molecule has 1 amide bonds. The van der Waals surface area contributed by atoms with E-state index in [1.165, 1.54) is 31.2 Å². The molecule has 1 aliphatic heterocycles. The van der Waals surface area contributed by atoms with Gasteiger partial charge in [0.1, 0.15) is 0 Å². The third kappa shape index (κ3) is 3.45. The molecule has 0 saturated carbocycles. The predicted molar refractivity (Wildman–Crippen MR) is 77.3 cm³/mol. The molecular formula is C14H17N2O5S-. The molecule has 1 aromatic rings. The minimum absolute atomic E-state index is 0.00486. The molecular weight excluding hydrogens is 308 g/mol. The molecule has 7 nitrogen and oxygen atoms in total. The second-order valence-electron chi connectivity index (χ2n) is 5.15. The number of amides is 1. The predicted octanol–water partition coefficient (Wildman–Crippen LogP) is -0.0619. The van der Waals surface area contributed by atoms with Crippen LogP contribution in [0.25, 0.3) is 0 Å². The van der Waals surface area contributed by atoms with Gasteiger partial charge in [0.15, 0.2) is 0 Å². The number of sulfonamides is 1. The normalized spacial score (nSPS) is 19.6. The number of hydrogen-bond acceptors (Lipinski definition) is 5. The van der Waals surface area contributed by atoms with Gasteiger partial charge in [-0.15, -0.1) is 0 Å². The van der Waals surface area contributed by atoms with E-state index in [4.69, 9.17) is 0 Å². The van der Waals surface area contributed by atoms with Gasteiger partial charge < -0.3 is 15.2 Å². The van der Waals surface area contributed by atoms with E-state index in [0.717, 1.165) is 4.31 Å². The Morgan fingerprint density at radius 2 is 1.86 bits per heavy atom. The molecule has 1 atom stereocenters. The first-order chi connectivity index (χ1) is 10.3. The zero-order chi connectivity index (χ0) is 16.3. The lowest BCUT2D eigenvalue weighted by Gasteiger charge is -2.35. The first-order valence-electron chi connectivity index (χ1n) is 6.93. The van der Waals surface area contributed by atoms with Crippen molar-refractivity contribution in [2.45, 2.75) is 37.1 Å². The van der Waals surface area contributed by atoms with Crippen molar-refractivity contribution in [3.8, 4) is 0 Å². The van der Waals surface area contributed by atoms with Crippen LogP contribution in [-0.4, -0.2) is 37.2 Å². The van der Waals surface area contributed by atoms with Gasteiger partial charge in [-0.05, 0) is 37.1 Å². The van der Waals surface area contributed by atoms with Crippen LogP contribution in [0, 0.1) is 0 Å². The van der Waals surface area contributed by atoms with Gasteiger partial charge >= 0.3 is 0 Å². The van der Waals surface area contributed by atoms with E-state index >= 15 is 0 Å². The lowest BCUT2D eigenvalue weighted by Crippen LogP contribution is -2.52. The molecule has 0 bridgehead atoms. The monoisotopic (exact) mass is 325 g/mol. The molecule has 0 radical (unpaired) electrons. The summed E-state index contributed by atoms with van der Waals surface area (Å²) in [7, 11) is -3.90. The van der Waals surface area contributed by atoms with Crippen LogP contribution in [0.3, 0.4) is 0 Å². The summed E-state index contributed by atoms with van der Waals surface area (Å²) < 4.78 is 26.2. The number of carboxylic acids is 1. The van der Waals surface area contributed by atoms with E-state index in [2.05, 4.69) is 5.32 Å². The lowest BCUT2D eigenvalue weighted by molar-refractivity contribution is -0.311. The standard InChI is InChI=1S/C14H18N2O5S/c1-10(17)15-11-5-7-12(8-6-11)22(20,21)16-9-3-2-4-13(16)14(18)19/h5-8,13H,2-4,9H2,1H3,(H,15,17)(H,18,19)/p-1/t13-/m1/s1. The number of aliphatic carboxylic acids is 1.